The van der Waals surface area contributed by atoms with E-state index in [1.54, 1.807) is 31.4 Å². The molecule has 6 N–H and O–H groups in total. The van der Waals surface area contributed by atoms with Crippen LogP contribution in [0.2, 0.25) is 0 Å². The zero-order valence-corrected chi connectivity index (χ0v) is 28.2. The molecule has 2 aromatic heterocycles. The normalized spacial score (nSPS) is 14.1. The second-order valence-electron chi connectivity index (χ2n) is 12.4. The summed E-state index contributed by atoms with van der Waals surface area (Å²) in [6.07, 6.45) is 0. The third kappa shape index (κ3) is 4.55. The average molecular weight is 734 g/mol. The van der Waals surface area contributed by atoms with Gasteiger partial charge < -0.3 is 33.0 Å². The number of carboxylic acids is 4. The molecule has 0 unspecified atom stereocenters. The van der Waals surface area contributed by atoms with E-state index in [1.165, 1.54) is 48.5 Å². The number of rotatable bonds is 4. The van der Waals surface area contributed by atoms with Gasteiger partial charge in [0.05, 0.1) is 22.3 Å². The Hall–Kier alpha value is -7.39. The highest BCUT2D eigenvalue weighted by atomic mass is 27.1. The van der Waals surface area contributed by atoms with E-state index in [1.807, 2.05) is 0 Å². The van der Waals surface area contributed by atoms with Gasteiger partial charge in [-0.2, -0.15) is 0 Å². The SMILES string of the molecule is O.O=C(O)c1ccc2c(c1)C1=NC2=Nc2c3cc(C(=O)O)ccc3c3[n]2[Al][n]2c(c4ccc(C(=O)O)cc4c2=NC2=NC(=N3)c3cc(C(=O)O)ccc32)=N1. The number of carboxylic acid groups (broad SMARTS) is 4. The van der Waals surface area contributed by atoms with Gasteiger partial charge in [-0.25, -0.2) is 49.1 Å². The predicted octanol–water partition coefficient (Wildman–Crippen LogP) is 2.44. The topological polar surface area (TPSA) is 265 Å². The van der Waals surface area contributed by atoms with Gasteiger partial charge in [-0.1, -0.05) is 0 Å². The van der Waals surface area contributed by atoms with E-state index in [0.717, 1.165) is 0 Å². The largest absolute Gasteiger partial charge is 0.568 e. The first-order valence-corrected chi connectivity index (χ1v) is 16.8. The molecule has 17 nitrogen and oxygen atoms in total. The Morgan fingerprint density at radius 3 is 1.39 bits per heavy atom. The van der Waals surface area contributed by atoms with Crippen LogP contribution in [-0.4, -0.2) is 95.9 Å². The fourth-order valence-corrected chi connectivity index (χ4v) is 8.38. The van der Waals surface area contributed by atoms with Gasteiger partial charge in [0.1, 0.15) is 22.6 Å². The summed E-state index contributed by atoms with van der Waals surface area (Å²) < 4.78 is 3.60. The fraction of sp³-hybridized carbons (Fsp3) is 0. The standard InChI is InChI=1S/C36H18N8O8.Al.H2O/c45-33(46)13-1-5-17-21(9-13)29-37-25(17)41-30-22-10-14(34(47)48)2-6-18(22)27(38-30)43-32-24-12-16(36(51)52)4-8-20(24)28(40-32)44-31-23-11-15(35(49)50)3-7-19(23)26(39-31)42-29;;/h1-12H,(H6,37,38,39,40,41,42,43,44,45,46,47,48,49,50,51,52);;1H2/q;+2;/p-2. The van der Waals surface area contributed by atoms with Crippen molar-refractivity contribution in [2.75, 3.05) is 0 Å². The highest BCUT2D eigenvalue weighted by molar-refractivity contribution is 6.37. The van der Waals surface area contributed by atoms with Crippen LogP contribution < -0.4 is 11.0 Å². The van der Waals surface area contributed by atoms with Gasteiger partial charge in [0.2, 0.25) is 0 Å². The van der Waals surface area contributed by atoms with Gasteiger partial charge in [-0.15, -0.1) is 0 Å². The third-order valence-electron chi connectivity index (χ3n) is 9.41. The van der Waals surface area contributed by atoms with Crippen molar-refractivity contribution < 1.29 is 45.1 Å². The van der Waals surface area contributed by atoms with Crippen LogP contribution in [-0.2, 0) is 0 Å². The number of benzene rings is 4. The fourth-order valence-electron chi connectivity index (χ4n) is 6.92. The van der Waals surface area contributed by atoms with Gasteiger partial charge >= 0.3 is 39.5 Å². The lowest BCUT2D eigenvalue weighted by Crippen LogP contribution is -2.36. The van der Waals surface area contributed by atoms with E-state index in [2.05, 4.69) is 0 Å². The lowest BCUT2D eigenvalue weighted by Gasteiger charge is -2.11. The summed E-state index contributed by atoms with van der Waals surface area (Å²) in [6, 6.07) is 18.1. The van der Waals surface area contributed by atoms with Crippen LogP contribution in [0.4, 0.5) is 11.6 Å². The quantitative estimate of drug-likeness (QED) is 0.195. The molecule has 18 heteroatoms. The van der Waals surface area contributed by atoms with Gasteiger partial charge in [-0.3, -0.25) is 0 Å². The molecule has 54 heavy (non-hydrogen) atoms. The first-order valence-electron chi connectivity index (χ1n) is 15.8. The number of hydrogen-bond donors (Lipinski definition) is 4. The summed E-state index contributed by atoms with van der Waals surface area (Å²) in [6.45, 7) is 0. The monoisotopic (exact) mass is 733 g/mol. The number of amidine groups is 4. The summed E-state index contributed by atoms with van der Waals surface area (Å²) in [5, 5.41) is 41.5. The number of hydrogen-bond acceptors (Lipinski definition) is 10. The van der Waals surface area contributed by atoms with Gasteiger partial charge in [-0.05, 0) is 72.8 Å². The van der Waals surface area contributed by atoms with Crippen LogP contribution in [0.15, 0.2) is 103 Å². The summed E-state index contributed by atoms with van der Waals surface area (Å²) >= 11 is -1.19. The van der Waals surface area contributed by atoms with Gasteiger partial charge in [0, 0.05) is 43.8 Å². The molecule has 4 aromatic carbocycles. The molecule has 4 aliphatic rings. The Kier molecular flexibility index (Phi) is 6.81. The van der Waals surface area contributed by atoms with E-state index in [-0.39, 0.29) is 62.4 Å². The molecule has 0 saturated carbocycles. The predicted molar refractivity (Wildman–Crippen MR) is 193 cm³/mol. The van der Waals surface area contributed by atoms with E-state index < -0.39 is 39.5 Å². The van der Waals surface area contributed by atoms with Crippen molar-refractivity contribution in [1.82, 2.24) is 7.10 Å². The smallest absolute Gasteiger partial charge is 0.478 e. The Balaban J connectivity index is 0.00000384. The minimum absolute atomic E-state index is 0. The van der Waals surface area contributed by atoms with Crippen molar-refractivity contribution in [2.24, 2.45) is 30.0 Å². The minimum Gasteiger partial charge on any atom is -0.478 e. The van der Waals surface area contributed by atoms with Crippen molar-refractivity contribution in [3.05, 3.63) is 128 Å². The zero-order valence-electron chi connectivity index (χ0n) is 27.0. The minimum atomic E-state index is -1.19. The molecule has 0 atom stereocenters. The van der Waals surface area contributed by atoms with Crippen LogP contribution >= 0.6 is 0 Å². The number of aromatic carboxylic acids is 4. The molecular weight excluding hydrogens is 715 g/mol. The molecule has 0 fully saturated rings. The van der Waals surface area contributed by atoms with Crippen molar-refractivity contribution in [3.8, 4) is 0 Å². The number of carbonyl (C=O) groups is 4. The van der Waals surface area contributed by atoms with Crippen molar-refractivity contribution in [1.29, 1.82) is 0 Å². The van der Waals surface area contributed by atoms with E-state index in [9.17, 15) is 39.6 Å². The maximum absolute atomic E-state index is 12.2. The van der Waals surface area contributed by atoms with Gasteiger partial charge in [0.25, 0.3) is 0 Å². The lowest BCUT2D eigenvalue weighted by molar-refractivity contribution is 0.0686. The number of aliphatic imine (C=N–C) groups is 4. The van der Waals surface area contributed by atoms with Gasteiger partial charge in [0.15, 0.2) is 23.3 Å². The maximum Gasteiger partial charge on any atom is 0.568 e. The Morgan fingerprint density at radius 1 is 0.426 bits per heavy atom. The second-order valence-corrected chi connectivity index (χ2v) is 13.6. The maximum atomic E-state index is 12.2. The lowest BCUT2D eigenvalue weighted by atomic mass is 10.0. The van der Waals surface area contributed by atoms with E-state index >= 15 is 0 Å². The Labute approximate surface area is 305 Å². The Bertz CT molecular complexity index is 3120. The highest BCUT2D eigenvalue weighted by Crippen LogP contribution is 2.40. The molecule has 4 aliphatic heterocycles. The summed E-state index contributed by atoms with van der Waals surface area (Å²) in [4.78, 5) is 78.1. The zero-order chi connectivity index (χ0) is 36.4. The Morgan fingerprint density at radius 2 is 0.833 bits per heavy atom. The van der Waals surface area contributed by atoms with Crippen LogP contribution in [0.25, 0.3) is 21.5 Å². The molecule has 10 rings (SSSR count). The van der Waals surface area contributed by atoms with E-state index in [0.29, 0.717) is 55.1 Å². The first-order chi connectivity index (χ1) is 25.5. The molecular formula is C36H18AlN8O9. The molecule has 259 valence electrons. The molecule has 6 heterocycles. The third-order valence-corrected chi connectivity index (χ3v) is 10.8. The molecule has 6 bridgehead atoms. The molecule has 6 aromatic rings. The van der Waals surface area contributed by atoms with E-state index in [4.69, 9.17) is 30.0 Å². The van der Waals surface area contributed by atoms with Crippen molar-refractivity contribution in [2.45, 2.75) is 0 Å². The van der Waals surface area contributed by atoms with Crippen LogP contribution in [0.3, 0.4) is 0 Å². The number of nitrogens with zero attached hydrogens (tertiary/aromatic N) is 8. The average Bonchev–Trinajstić information content (AvgIpc) is 3.84. The number of aromatic nitrogens is 2. The van der Waals surface area contributed by atoms with Crippen LogP contribution in [0.5, 0.6) is 0 Å². The summed E-state index contributed by atoms with van der Waals surface area (Å²) in [5.74, 6) is -3.31. The number of fused-ring (bicyclic) bond motifs is 14. The molecule has 0 amide bonds. The molecule has 0 aliphatic carbocycles. The molecule has 0 saturated heterocycles. The molecule has 1 radical (unpaired) electrons. The summed E-state index contributed by atoms with van der Waals surface area (Å²) in [5.41, 5.74) is 2.36. The van der Waals surface area contributed by atoms with Crippen LogP contribution in [0, 0.1) is 0 Å². The van der Waals surface area contributed by atoms with Crippen molar-refractivity contribution in [3.63, 3.8) is 0 Å². The van der Waals surface area contributed by atoms with Crippen molar-refractivity contribution >= 4 is 96.1 Å². The highest BCUT2D eigenvalue weighted by Gasteiger charge is 2.32. The summed E-state index contributed by atoms with van der Waals surface area (Å²) in [7, 11) is 0. The second kappa shape index (κ2) is 11.3. The molecule has 0 spiro atoms. The first kappa shape index (κ1) is 32.5. The van der Waals surface area contributed by atoms with Crippen LogP contribution in [0.1, 0.15) is 63.7 Å².